The van der Waals surface area contributed by atoms with Gasteiger partial charge in [0.2, 0.25) is 11.6 Å². The Morgan fingerprint density at radius 2 is 1.76 bits per heavy atom. The average Bonchev–Trinajstić information content (AvgIpc) is 2.46. The molecule has 1 aromatic carbocycles. The minimum Gasteiger partial charge on any atom is -0.462 e. The summed E-state index contributed by atoms with van der Waals surface area (Å²) < 4.78 is 50.6. The predicted octanol–water partition coefficient (Wildman–Crippen LogP) is 3.09. The molecular formula is C14H9F3N2O2. The van der Waals surface area contributed by atoms with Gasteiger partial charge < -0.3 is 9.47 Å². The van der Waals surface area contributed by atoms with Crippen molar-refractivity contribution in [1.82, 2.24) is 9.97 Å². The molecule has 0 radical (unpaired) electrons. The largest absolute Gasteiger partial charge is 0.462 e. The van der Waals surface area contributed by atoms with Gasteiger partial charge in [0.15, 0.2) is 18.2 Å². The number of ether oxygens (including phenoxy) is 2. The van der Waals surface area contributed by atoms with Crippen molar-refractivity contribution in [2.24, 2.45) is 0 Å². The highest BCUT2D eigenvalue weighted by Gasteiger charge is 2.18. The molecule has 0 fully saturated rings. The van der Waals surface area contributed by atoms with Crippen molar-refractivity contribution in [3.63, 3.8) is 0 Å². The van der Waals surface area contributed by atoms with Crippen LogP contribution in [0.15, 0.2) is 24.5 Å². The Kier molecular flexibility index (Phi) is 4.61. The molecule has 108 valence electrons. The van der Waals surface area contributed by atoms with E-state index in [4.69, 9.17) is 9.47 Å². The molecule has 0 bridgehead atoms. The zero-order valence-corrected chi connectivity index (χ0v) is 10.9. The maximum atomic E-state index is 14.0. The van der Waals surface area contributed by atoms with Crippen molar-refractivity contribution in [2.75, 3.05) is 6.61 Å². The Hall–Kier alpha value is -2.75. The van der Waals surface area contributed by atoms with Crippen LogP contribution in [0.5, 0.6) is 17.5 Å². The Morgan fingerprint density at radius 3 is 2.43 bits per heavy atom. The van der Waals surface area contributed by atoms with E-state index in [0.29, 0.717) is 0 Å². The predicted molar refractivity (Wildman–Crippen MR) is 67.4 cm³/mol. The van der Waals surface area contributed by atoms with Crippen molar-refractivity contribution in [1.29, 1.82) is 0 Å². The van der Waals surface area contributed by atoms with E-state index in [0.717, 1.165) is 24.5 Å². The third-order valence-electron chi connectivity index (χ3n) is 2.30. The highest BCUT2D eigenvalue weighted by Crippen LogP contribution is 2.29. The normalized spacial score (nSPS) is 9.71. The molecule has 21 heavy (non-hydrogen) atoms. The number of halogens is 3. The first-order valence-corrected chi connectivity index (χ1v) is 5.78. The van der Waals surface area contributed by atoms with Crippen molar-refractivity contribution in [3.8, 4) is 29.4 Å². The monoisotopic (exact) mass is 294 g/mol. The lowest BCUT2D eigenvalue weighted by molar-refractivity contribution is 0.311. The summed E-state index contributed by atoms with van der Waals surface area (Å²) >= 11 is 0. The average molecular weight is 294 g/mol. The number of hydrogen-bond acceptors (Lipinski definition) is 4. The van der Waals surface area contributed by atoms with E-state index in [9.17, 15) is 13.2 Å². The van der Waals surface area contributed by atoms with Crippen LogP contribution in [0.3, 0.4) is 0 Å². The minimum atomic E-state index is -1.07. The standard InChI is InChI=1S/C14H9F3N2O2/c1-2-3-7-20-13-11(17)14(19-8-18-13)21-12-9(15)5-4-6-10(12)16/h4-6,8H,7H2,1H3. The third-order valence-corrected chi connectivity index (χ3v) is 2.30. The maximum absolute atomic E-state index is 14.0. The SMILES string of the molecule is CC#CCOc1ncnc(Oc2c(F)cccc2F)c1F. The van der Waals surface area contributed by atoms with Crippen LogP contribution in [0.2, 0.25) is 0 Å². The fourth-order valence-electron chi connectivity index (χ4n) is 1.36. The highest BCUT2D eigenvalue weighted by molar-refractivity contribution is 5.32. The fraction of sp³-hybridized carbons (Fsp3) is 0.143. The Morgan fingerprint density at radius 1 is 1.10 bits per heavy atom. The number of benzene rings is 1. The van der Waals surface area contributed by atoms with Gasteiger partial charge in [-0.3, -0.25) is 0 Å². The molecule has 0 unspecified atom stereocenters. The van der Waals surface area contributed by atoms with Crippen LogP contribution >= 0.6 is 0 Å². The van der Waals surface area contributed by atoms with Gasteiger partial charge in [-0.1, -0.05) is 12.0 Å². The zero-order valence-electron chi connectivity index (χ0n) is 10.9. The zero-order chi connectivity index (χ0) is 15.2. The van der Waals surface area contributed by atoms with Gasteiger partial charge in [0.25, 0.3) is 11.8 Å². The lowest BCUT2D eigenvalue weighted by Crippen LogP contribution is -2.03. The van der Waals surface area contributed by atoms with Crippen LogP contribution in [0.25, 0.3) is 0 Å². The number of rotatable bonds is 4. The van der Waals surface area contributed by atoms with Gasteiger partial charge in [-0.15, -0.1) is 5.92 Å². The van der Waals surface area contributed by atoms with Crippen LogP contribution in [0.4, 0.5) is 13.2 Å². The first kappa shape index (κ1) is 14.7. The molecular weight excluding hydrogens is 285 g/mol. The Balaban J connectivity index is 2.28. The smallest absolute Gasteiger partial charge is 0.263 e. The second-order valence-corrected chi connectivity index (χ2v) is 3.67. The molecule has 0 N–H and O–H groups in total. The summed E-state index contributed by atoms with van der Waals surface area (Å²) in [5.41, 5.74) is 0. The molecule has 0 saturated heterocycles. The van der Waals surface area contributed by atoms with Crippen molar-refractivity contribution in [2.45, 2.75) is 6.92 Å². The number of para-hydroxylation sites is 1. The van der Waals surface area contributed by atoms with E-state index in [1.807, 2.05) is 0 Å². The van der Waals surface area contributed by atoms with Crippen LogP contribution in [0.1, 0.15) is 6.92 Å². The molecule has 0 aliphatic rings. The first-order chi connectivity index (χ1) is 10.1. The van der Waals surface area contributed by atoms with Crippen molar-refractivity contribution in [3.05, 3.63) is 42.0 Å². The summed E-state index contributed by atoms with van der Waals surface area (Å²) in [5.74, 6) is 0.260. The van der Waals surface area contributed by atoms with E-state index >= 15 is 0 Å². The van der Waals surface area contributed by atoms with Crippen LogP contribution < -0.4 is 9.47 Å². The van der Waals surface area contributed by atoms with Crippen molar-refractivity contribution < 1.29 is 22.6 Å². The van der Waals surface area contributed by atoms with Crippen LogP contribution in [0, 0.1) is 29.3 Å². The quantitative estimate of drug-likeness (QED) is 0.813. The first-order valence-electron chi connectivity index (χ1n) is 5.78. The molecule has 1 heterocycles. The molecule has 0 spiro atoms. The molecule has 1 aromatic heterocycles. The maximum Gasteiger partial charge on any atom is 0.263 e. The lowest BCUT2D eigenvalue weighted by Gasteiger charge is -2.09. The molecule has 2 aromatic rings. The summed E-state index contributed by atoms with van der Waals surface area (Å²) in [6.45, 7) is 1.51. The van der Waals surface area contributed by atoms with E-state index in [2.05, 4.69) is 21.8 Å². The Bertz CT molecular complexity index is 691. The highest BCUT2D eigenvalue weighted by atomic mass is 19.1. The van der Waals surface area contributed by atoms with Crippen molar-refractivity contribution >= 4 is 0 Å². The Labute approximate surface area is 118 Å². The molecule has 0 aliphatic heterocycles. The molecule has 0 aliphatic carbocycles. The topological polar surface area (TPSA) is 44.2 Å². The summed E-state index contributed by atoms with van der Waals surface area (Å²) in [4.78, 5) is 7.04. The second kappa shape index (κ2) is 6.61. The summed E-state index contributed by atoms with van der Waals surface area (Å²) in [7, 11) is 0. The summed E-state index contributed by atoms with van der Waals surface area (Å²) in [5, 5.41) is 0. The van der Waals surface area contributed by atoms with Gasteiger partial charge in [0.1, 0.15) is 6.33 Å². The molecule has 2 rings (SSSR count). The number of aromatic nitrogens is 2. The molecule has 7 heteroatoms. The molecule has 0 atom stereocenters. The fourth-order valence-corrected chi connectivity index (χ4v) is 1.36. The van der Waals surface area contributed by atoms with Gasteiger partial charge in [-0.2, -0.15) is 14.4 Å². The van der Waals surface area contributed by atoms with Gasteiger partial charge in [0.05, 0.1) is 0 Å². The van der Waals surface area contributed by atoms with E-state index in [-0.39, 0.29) is 6.61 Å². The lowest BCUT2D eigenvalue weighted by atomic mass is 10.3. The van der Waals surface area contributed by atoms with Gasteiger partial charge in [-0.05, 0) is 19.1 Å². The molecule has 0 saturated carbocycles. The molecule has 4 nitrogen and oxygen atoms in total. The van der Waals surface area contributed by atoms with Crippen LogP contribution in [-0.4, -0.2) is 16.6 Å². The summed E-state index contributed by atoms with van der Waals surface area (Å²) in [6.07, 6.45) is 0.950. The van der Waals surface area contributed by atoms with E-state index < -0.39 is 35.0 Å². The van der Waals surface area contributed by atoms with Gasteiger partial charge in [-0.25, -0.2) is 8.78 Å². The number of hydrogen-bond donors (Lipinski definition) is 0. The summed E-state index contributed by atoms with van der Waals surface area (Å²) in [6, 6.07) is 3.11. The third kappa shape index (κ3) is 3.42. The van der Waals surface area contributed by atoms with E-state index in [1.165, 1.54) is 0 Å². The number of nitrogens with zero attached hydrogens (tertiary/aromatic N) is 2. The van der Waals surface area contributed by atoms with Crippen LogP contribution in [-0.2, 0) is 0 Å². The van der Waals surface area contributed by atoms with Gasteiger partial charge in [0, 0.05) is 0 Å². The second-order valence-electron chi connectivity index (χ2n) is 3.67. The van der Waals surface area contributed by atoms with E-state index in [1.54, 1.807) is 6.92 Å². The van der Waals surface area contributed by atoms with Gasteiger partial charge >= 0.3 is 0 Å². The molecule has 0 amide bonds. The minimum absolute atomic E-state index is 0.0854.